The van der Waals surface area contributed by atoms with E-state index in [0.29, 0.717) is 13.2 Å². The Morgan fingerprint density at radius 2 is 2.15 bits per heavy atom. The molecule has 2 amide bonds. The largest absolute Gasteiger partial charge is 0.371 e. The Kier molecular flexibility index (Phi) is 6.46. The summed E-state index contributed by atoms with van der Waals surface area (Å²) in [7, 11) is 0. The van der Waals surface area contributed by atoms with E-state index in [1.807, 2.05) is 25.1 Å². The molecule has 2 aliphatic rings. The number of carbonyl (C=O) groups is 2. The SMILES string of the molecule is CC(CC(=O)Nc1cccc(N2CCCC2)c1)NC(=O)C1CNCCO1. The van der Waals surface area contributed by atoms with Crippen molar-refractivity contribution in [2.45, 2.75) is 38.3 Å². The lowest BCUT2D eigenvalue weighted by Gasteiger charge is -2.24. The maximum Gasteiger partial charge on any atom is 0.250 e. The van der Waals surface area contributed by atoms with Gasteiger partial charge in [-0.3, -0.25) is 9.59 Å². The number of benzene rings is 1. The number of anilines is 2. The van der Waals surface area contributed by atoms with Crippen LogP contribution < -0.4 is 20.9 Å². The minimum atomic E-state index is -0.480. The second-order valence-corrected chi connectivity index (χ2v) is 6.97. The van der Waals surface area contributed by atoms with E-state index < -0.39 is 6.10 Å². The molecule has 0 aromatic heterocycles. The van der Waals surface area contributed by atoms with E-state index in [-0.39, 0.29) is 24.3 Å². The fourth-order valence-corrected chi connectivity index (χ4v) is 3.37. The zero-order valence-corrected chi connectivity index (χ0v) is 15.3. The molecule has 0 radical (unpaired) electrons. The summed E-state index contributed by atoms with van der Waals surface area (Å²) in [5, 5.41) is 8.90. The quantitative estimate of drug-likeness (QED) is 0.708. The highest BCUT2D eigenvalue weighted by atomic mass is 16.5. The maximum absolute atomic E-state index is 12.3. The lowest BCUT2D eigenvalue weighted by atomic mass is 10.2. The molecule has 0 bridgehead atoms. The molecule has 0 spiro atoms. The standard InChI is InChI=1S/C19H28N4O3/c1-14(21-19(25)17-13-20-7-10-26-17)11-18(24)22-15-5-4-6-16(12-15)23-8-2-3-9-23/h4-6,12,14,17,20H,2-3,7-11,13H2,1H3,(H,21,25)(H,22,24). The van der Waals surface area contributed by atoms with E-state index in [9.17, 15) is 9.59 Å². The van der Waals surface area contributed by atoms with Crippen LogP contribution in [0.3, 0.4) is 0 Å². The van der Waals surface area contributed by atoms with Gasteiger partial charge in [0.2, 0.25) is 5.91 Å². The van der Waals surface area contributed by atoms with Crippen LogP contribution in [0.15, 0.2) is 24.3 Å². The lowest BCUT2D eigenvalue weighted by Crippen LogP contribution is -2.50. The minimum Gasteiger partial charge on any atom is -0.371 e. The second kappa shape index (κ2) is 9.00. The summed E-state index contributed by atoms with van der Waals surface area (Å²) in [4.78, 5) is 26.8. The Bertz CT molecular complexity index is 625. The second-order valence-electron chi connectivity index (χ2n) is 6.97. The monoisotopic (exact) mass is 360 g/mol. The zero-order valence-electron chi connectivity index (χ0n) is 15.3. The van der Waals surface area contributed by atoms with Crippen molar-refractivity contribution >= 4 is 23.2 Å². The predicted molar refractivity (Wildman–Crippen MR) is 101 cm³/mol. The van der Waals surface area contributed by atoms with Crippen LogP contribution in [0, 0.1) is 0 Å². The van der Waals surface area contributed by atoms with Crippen LogP contribution in [0.1, 0.15) is 26.2 Å². The van der Waals surface area contributed by atoms with E-state index in [2.05, 4.69) is 26.9 Å². The Morgan fingerprint density at radius 1 is 1.35 bits per heavy atom. The van der Waals surface area contributed by atoms with E-state index in [4.69, 9.17) is 4.74 Å². The van der Waals surface area contributed by atoms with Gasteiger partial charge in [-0.2, -0.15) is 0 Å². The third-order valence-electron chi connectivity index (χ3n) is 4.70. The van der Waals surface area contributed by atoms with Gasteiger partial charge in [0.15, 0.2) is 0 Å². The average Bonchev–Trinajstić information content (AvgIpc) is 3.17. The van der Waals surface area contributed by atoms with Crippen molar-refractivity contribution in [3.63, 3.8) is 0 Å². The van der Waals surface area contributed by atoms with E-state index in [1.165, 1.54) is 12.8 Å². The molecule has 3 N–H and O–H groups in total. The van der Waals surface area contributed by atoms with E-state index >= 15 is 0 Å². The van der Waals surface area contributed by atoms with E-state index in [0.717, 1.165) is 31.0 Å². The van der Waals surface area contributed by atoms with Crippen LogP contribution in [-0.2, 0) is 14.3 Å². The fraction of sp³-hybridized carbons (Fsp3) is 0.579. The number of hydrogen-bond acceptors (Lipinski definition) is 5. The Hall–Kier alpha value is -2.12. The molecule has 2 aliphatic heterocycles. The van der Waals surface area contributed by atoms with Crippen molar-refractivity contribution in [2.75, 3.05) is 43.0 Å². The molecule has 2 saturated heterocycles. The van der Waals surface area contributed by atoms with Crippen molar-refractivity contribution in [2.24, 2.45) is 0 Å². The molecule has 1 aromatic rings. The van der Waals surface area contributed by atoms with Crippen molar-refractivity contribution in [3.05, 3.63) is 24.3 Å². The van der Waals surface area contributed by atoms with Crippen LogP contribution in [-0.4, -0.2) is 56.7 Å². The number of rotatable bonds is 6. The van der Waals surface area contributed by atoms with Gasteiger partial charge in [-0.25, -0.2) is 0 Å². The first-order valence-corrected chi connectivity index (χ1v) is 9.39. The highest BCUT2D eigenvalue weighted by Crippen LogP contribution is 2.23. The molecule has 0 aliphatic carbocycles. The normalized spacial score (nSPS) is 21.3. The molecular formula is C19H28N4O3. The van der Waals surface area contributed by atoms with Gasteiger partial charge in [-0.05, 0) is 38.0 Å². The number of hydrogen-bond donors (Lipinski definition) is 3. The molecule has 0 saturated carbocycles. The van der Waals surface area contributed by atoms with Crippen LogP contribution in [0.2, 0.25) is 0 Å². The number of morpholine rings is 1. The van der Waals surface area contributed by atoms with Crippen molar-refractivity contribution in [1.29, 1.82) is 0 Å². The van der Waals surface area contributed by atoms with Gasteiger partial charge in [-0.1, -0.05) is 6.07 Å². The number of ether oxygens (including phenoxy) is 1. The van der Waals surface area contributed by atoms with Gasteiger partial charge >= 0.3 is 0 Å². The smallest absolute Gasteiger partial charge is 0.250 e. The van der Waals surface area contributed by atoms with Crippen LogP contribution in [0.25, 0.3) is 0 Å². The molecule has 2 unspecified atom stereocenters. The third-order valence-corrected chi connectivity index (χ3v) is 4.70. The molecule has 2 fully saturated rings. The molecule has 7 heteroatoms. The van der Waals surface area contributed by atoms with Gasteiger partial charge in [0.25, 0.3) is 5.91 Å². The summed E-state index contributed by atoms with van der Waals surface area (Å²) in [5.41, 5.74) is 1.93. The Labute approximate surface area is 154 Å². The van der Waals surface area contributed by atoms with E-state index in [1.54, 1.807) is 0 Å². The van der Waals surface area contributed by atoms with Crippen molar-refractivity contribution in [1.82, 2.24) is 10.6 Å². The third kappa shape index (κ3) is 5.19. The Morgan fingerprint density at radius 3 is 2.88 bits per heavy atom. The number of amides is 2. The summed E-state index contributed by atoms with van der Waals surface area (Å²) < 4.78 is 5.42. The predicted octanol–water partition coefficient (Wildman–Crippen LogP) is 1.11. The highest BCUT2D eigenvalue weighted by molar-refractivity contribution is 5.92. The van der Waals surface area contributed by atoms with Crippen LogP contribution in [0.4, 0.5) is 11.4 Å². The summed E-state index contributed by atoms with van der Waals surface area (Å²) in [6.07, 6.45) is 2.17. The summed E-state index contributed by atoms with van der Waals surface area (Å²) in [6, 6.07) is 7.68. The first-order valence-electron chi connectivity index (χ1n) is 9.39. The van der Waals surface area contributed by atoms with Crippen LogP contribution in [0.5, 0.6) is 0 Å². The summed E-state index contributed by atoms with van der Waals surface area (Å²) in [6.45, 7) is 5.76. The maximum atomic E-state index is 12.3. The topological polar surface area (TPSA) is 82.7 Å². The molecule has 1 aromatic carbocycles. The van der Waals surface area contributed by atoms with Gasteiger partial charge < -0.3 is 25.6 Å². The molecule has 2 heterocycles. The molecular weight excluding hydrogens is 332 g/mol. The van der Waals surface area contributed by atoms with Gasteiger partial charge in [0.1, 0.15) is 6.10 Å². The number of nitrogens with one attached hydrogen (secondary N) is 3. The van der Waals surface area contributed by atoms with Gasteiger partial charge in [0.05, 0.1) is 6.61 Å². The molecule has 142 valence electrons. The Balaban J connectivity index is 1.47. The molecule has 3 rings (SSSR count). The van der Waals surface area contributed by atoms with Gasteiger partial charge in [0, 0.05) is 50.0 Å². The lowest BCUT2D eigenvalue weighted by molar-refractivity contribution is -0.135. The average molecular weight is 360 g/mol. The van der Waals surface area contributed by atoms with Crippen molar-refractivity contribution < 1.29 is 14.3 Å². The number of nitrogens with zero attached hydrogens (tertiary/aromatic N) is 1. The molecule has 2 atom stereocenters. The minimum absolute atomic E-state index is 0.112. The zero-order chi connectivity index (χ0) is 18.4. The first kappa shape index (κ1) is 18.7. The molecule has 26 heavy (non-hydrogen) atoms. The highest BCUT2D eigenvalue weighted by Gasteiger charge is 2.23. The number of carbonyl (C=O) groups excluding carboxylic acids is 2. The first-order chi connectivity index (χ1) is 12.6. The fourth-order valence-electron chi connectivity index (χ4n) is 3.37. The van der Waals surface area contributed by atoms with Crippen LogP contribution >= 0.6 is 0 Å². The van der Waals surface area contributed by atoms with Gasteiger partial charge in [-0.15, -0.1) is 0 Å². The summed E-state index contributed by atoms with van der Waals surface area (Å²) in [5.74, 6) is -0.285. The summed E-state index contributed by atoms with van der Waals surface area (Å²) >= 11 is 0. The van der Waals surface area contributed by atoms with Crippen molar-refractivity contribution in [3.8, 4) is 0 Å². The molecule has 7 nitrogen and oxygen atoms in total.